The maximum absolute atomic E-state index is 11.4. The van der Waals surface area contributed by atoms with Gasteiger partial charge in [-0.2, -0.15) is 0 Å². The average Bonchev–Trinajstić information content (AvgIpc) is 2.64. The molecule has 1 N–H and O–H groups in total. The lowest BCUT2D eigenvalue weighted by atomic mass is 9.90. The zero-order chi connectivity index (χ0) is 17.5. The first-order chi connectivity index (χ1) is 11.2. The minimum Gasteiger partial charge on any atom is -0.341 e. The number of hydrogen-bond donors (Lipinski definition) is 1. The number of urea groups is 1. The second-order valence-electron chi connectivity index (χ2n) is 5.68. The maximum atomic E-state index is 11.4. The van der Waals surface area contributed by atoms with Crippen molar-refractivity contribution >= 4 is 6.03 Å². The molecule has 1 aromatic carbocycles. The van der Waals surface area contributed by atoms with Crippen molar-refractivity contribution in [2.45, 2.75) is 59.8 Å². The molecular formula is C20H36N2O. The molecule has 1 aromatic rings. The summed E-state index contributed by atoms with van der Waals surface area (Å²) < 4.78 is 0. The summed E-state index contributed by atoms with van der Waals surface area (Å²) in [5.41, 5.74) is 1.41. The smallest absolute Gasteiger partial charge is 0.317 e. The van der Waals surface area contributed by atoms with Gasteiger partial charge in [0.05, 0.1) is 0 Å². The summed E-state index contributed by atoms with van der Waals surface area (Å²) in [7, 11) is 1.69. The number of rotatable bonds is 3. The van der Waals surface area contributed by atoms with E-state index >= 15 is 0 Å². The van der Waals surface area contributed by atoms with Crippen LogP contribution in [-0.2, 0) is 6.42 Å². The summed E-state index contributed by atoms with van der Waals surface area (Å²) in [6.45, 7) is 10.1. The maximum Gasteiger partial charge on any atom is 0.317 e. The normalized spacial score (nSPS) is 14.0. The van der Waals surface area contributed by atoms with Gasteiger partial charge in [-0.05, 0) is 30.7 Å². The number of hydrogen-bond acceptors (Lipinski definition) is 1. The fraction of sp³-hybridized carbons (Fsp3) is 0.650. The molecule has 0 bridgehead atoms. The molecule has 1 aliphatic heterocycles. The Kier molecular flexibility index (Phi) is 13.2. The van der Waals surface area contributed by atoms with Crippen molar-refractivity contribution < 1.29 is 4.79 Å². The topological polar surface area (TPSA) is 32.3 Å². The summed E-state index contributed by atoms with van der Waals surface area (Å²) in [6, 6.07) is 10.7. The molecule has 23 heavy (non-hydrogen) atoms. The van der Waals surface area contributed by atoms with Crippen molar-refractivity contribution in [3.8, 4) is 0 Å². The third-order valence-corrected chi connectivity index (χ3v) is 3.98. The van der Waals surface area contributed by atoms with Crippen molar-refractivity contribution in [2.75, 3.05) is 20.1 Å². The van der Waals surface area contributed by atoms with Gasteiger partial charge in [-0.1, -0.05) is 70.9 Å². The lowest BCUT2D eigenvalue weighted by molar-refractivity contribution is 0.172. The molecule has 1 heterocycles. The van der Waals surface area contributed by atoms with Crippen LogP contribution in [-0.4, -0.2) is 31.1 Å². The molecule has 0 radical (unpaired) electrons. The Morgan fingerprint density at radius 1 is 1.09 bits per heavy atom. The number of benzene rings is 1. The number of unbranched alkanes of at least 4 members (excludes halogenated alkanes) is 1. The molecule has 2 amide bonds. The fourth-order valence-electron chi connectivity index (χ4n) is 2.45. The van der Waals surface area contributed by atoms with Gasteiger partial charge in [0.15, 0.2) is 0 Å². The van der Waals surface area contributed by atoms with Crippen molar-refractivity contribution in [3.63, 3.8) is 0 Å². The highest BCUT2D eigenvalue weighted by Crippen LogP contribution is 2.21. The van der Waals surface area contributed by atoms with Crippen LogP contribution in [0.5, 0.6) is 0 Å². The van der Waals surface area contributed by atoms with E-state index in [4.69, 9.17) is 0 Å². The van der Waals surface area contributed by atoms with Crippen LogP contribution >= 0.6 is 0 Å². The lowest BCUT2D eigenvalue weighted by Gasteiger charge is -2.31. The first kappa shape index (κ1) is 21.5. The van der Waals surface area contributed by atoms with Crippen molar-refractivity contribution in [1.29, 1.82) is 0 Å². The number of amides is 2. The third kappa shape index (κ3) is 9.27. The summed E-state index contributed by atoms with van der Waals surface area (Å²) in [4.78, 5) is 13.4. The number of carbonyl (C=O) groups excluding carboxylic acids is 1. The van der Waals surface area contributed by atoms with Crippen molar-refractivity contribution in [1.82, 2.24) is 10.2 Å². The Balaban J connectivity index is 0.000000705. The largest absolute Gasteiger partial charge is 0.341 e. The van der Waals surface area contributed by atoms with E-state index in [2.05, 4.69) is 49.5 Å². The second-order valence-corrected chi connectivity index (χ2v) is 5.68. The van der Waals surface area contributed by atoms with E-state index < -0.39 is 0 Å². The van der Waals surface area contributed by atoms with Crippen LogP contribution in [0.25, 0.3) is 0 Å². The molecule has 3 heteroatoms. The molecule has 1 saturated heterocycles. The monoisotopic (exact) mass is 320 g/mol. The quantitative estimate of drug-likeness (QED) is 0.824. The van der Waals surface area contributed by atoms with Gasteiger partial charge in [0.2, 0.25) is 0 Å². The number of carbonyl (C=O) groups is 1. The summed E-state index contributed by atoms with van der Waals surface area (Å²) >= 11 is 0. The highest BCUT2D eigenvalue weighted by Gasteiger charge is 2.21. The zero-order valence-electron chi connectivity index (χ0n) is 15.8. The van der Waals surface area contributed by atoms with E-state index in [0.717, 1.165) is 38.3 Å². The van der Waals surface area contributed by atoms with Gasteiger partial charge >= 0.3 is 6.03 Å². The van der Waals surface area contributed by atoms with Crippen LogP contribution in [0.1, 0.15) is 58.9 Å². The van der Waals surface area contributed by atoms with Gasteiger partial charge in [0, 0.05) is 20.1 Å². The summed E-state index contributed by atoms with van der Waals surface area (Å²) in [5, 5.41) is 2.69. The average molecular weight is 321 g/mol. The Morgan fingerprint density at radius 2 is 1.61 bits per heavy atom. The molecule has 0 aliphatic carbocycles. The van der Waals surface area contributed by atoms with Crippen LogP contribution in [0, 0.1) is 5.92 Å². The Bertz CT molecular complexity index is 382. The number of nitrogens with one attached hydrogen (secondary N) is 1. The number of likely N-dealkylation sites (tertiary alicyclic amines) is 1. The van der Waals surface area contributed by atoms with Gasteiger partial charge in [0.1, 0.15) is 0 Å². The summed E-state index contributed by atoms with van der Waals surface area (Å²) in [5.74, 6) is 0.721. The van der Waals surface area contributed by atoms with Gasteiger partial charge < -0.3 is 10.2 Å². The molecule has 0 saturated carbocycles. The van der Waals surface area contributed by atoms with E-state index in [-0.39, 0.29) is 6.03 Å². The molecule has 0 spiro atoms. The van der Waals surface area contributed by atoms with Crippen molar-refractivity contribution in [2.24, 2.45) is 5.92 Å². The molecule has 132 valence electrons. The predicted molar refractivity (Wildman–Crippen MR) is 101 cm³/mol. The first-order valence-electron chi connectivity index (χ1n) is 9.21. The SMILES string of the molecule is CC.CCCC.CNC(=O)N1CCC(Cc2ccccc2)CC1. The van der Waals surface area contributed by atoms with Crippen molar-refractivity contribution in [3.05, 3.63) is 35.9 Å². The number of nitrogens with zero attached hydrogens (tertiary/aromatic N) is 1. The van der Waals surface area contributed by atoms with Crippen LogP contribution in [0.4, 0.5) is 4.79 Å². The first-order valence-corrected chi connectivity index (χ1v) is 9.21. The molecule has 2 rings (SSSR count). The van der Waals surface area contributed by atoms with Crippen LogP contribution < -0.4 is 5.32 Å². The van der Waals surface area contributed by atoms with E-state index in [1.807, 2.05) is 18.7 Å². The summed E-state index contributed by atoms with van der Waals surface area (Å²) in [6.07, 6.45) is 6.01. The Morgan fingerprint density at radius 3 is 2.04 bits per heavy atom. The predicted octanol–water partition coefficient (Wildman–Crippen LogP) is 5.11. The standard InChI is InChI=1S/C14H20N2O.C4H10.C2H6/c1-15-14(17)16-9-7-13(8-10-16)11-12-5-3-2-4-6-12;1-3-4-2;1-2/h2-6,13H,7-11H2,1H3,(H,15,17);3-4H2,1-2H3;1-2H3. The lowest BCUT2D eigenvalue weighted by Crippen LogP contribution is -2.43. The highest BCUT2D eigenvalue weighted by atomic mass is 16.2. The molecule has 0 atom stereocenters. The minimum atomic E-state index is 0.0585. The Labute approximate surface area is 143 Å². The minimum absolute atomic E-state index is 0.0585. The van der Waals surface area contributed by atoms with Gasteiger partial charge in [0.25, 0.3) is 0 Å². The van der Waals surface area contributed by atoms with Crippen LogP contribution in [0.15, 0.2) is 30.3 Å². The van der Waals surface area contributed by atoms with E-state index in [1.165, 1.54) is 18.4 Å². The Hall–Kier alpha value is -1.51. The molecular weight excluding hydrogens is 284 g/mol. The van der Waals surface area contributed by atoms with Crippen LogP contribution in [0.3, 0.4) is 0 Å². The van der Waals surface area contributed by atoms with Gasteiger partial charge in [-0.25, -0.2) is 4.79 Å². The third-order valence-electron chi connectivity index (χ3n) is 3.98. The van der Waals surface area contributed by atoms with Gasteiger partial charge in [-0.15, -0.1) is 0 Å². The van der Waals surface area contributed by atoms with Crippen LogP contribution in [0.2, 0.25) is 0 Å². The molecule has 1 fully saturated rings. The molecule has 1 aliphatic rings. The molecule has 3 nitrogen and oxygen atoms in total. The van der Waals surface area contributed by atoms with E-state index in [0.29, 0.717) is 0 Å². The number of piperidine rings is 1. The molecule has 0 aromatic heterocycles. The van der Waals surface area contributed by atoms with E-state index in [1.54, 1.807) is 7.05 Å². The second kappa shape index (κ2) is 14.1. The fourth-order valence-corrected chi connectivity index (χ4v) is 2.45. The van der Waals surface area contributed by atoms with E-state index in [9.17, 15) is 4.79 Å². The zero-order valence-corrected chi connectivity index (χ0v) is 15.8. The molecule has 0 unspecified atom stereocenters. The highest BCUT2D eigenvalue weighted by molar-refractivity contribution is 5.73. The van der Waals surface area contributed by atoms with Gasteiger partial charge in [-0.3, -0.25) is 0 Å².